The molecule has 94 valence electrons. The molecular weight excluding hydrogens is 244 g/mol. The third kappa shape index (κ3) is 5.12. The van der Waals surface area contributed by atoms with Crippen LogP contribution in [0.1, 0.15) is 27.2 Å². The van der Waals surface area contributed by atoms with Crippen LogP contribution in [-0.2, 0) is 9.84 Å². The lowest BCUT2D eigenvalue weighted by molar-refractivity contribution is 0.498. The van der Waals surface area contributed by atoms with E-state index in [9.17, 15) is 8.42 Å². The summed E-state index contributed by atoms with van der Waals surface area (Å²) in [6.07, 6.45) is 0.744. The summed E-state index contributed by atoms with van der Waals surface area (Å²) in [6.45, 7) is 6.73. The Morgan fingerprint density at radius 2 is 2.06 bits per heavy atom. The van der Waals surface area contributed by atoms with E-state index in [1.54, 1.807) is 0 Å². The molecule has 0 spiro atoms. The Hall–Kier alpha value is -0.360. The monoisotopic (exact) mass is 264 g/mol. The van der Waals surface area contributed by atoms with E-state index in [1.807, 2.05) is 20.8 Å². The van der Waals surface area contributed by atoms with Crippen LogP contribution >= 0.6 is 12.2 Å². The molecule has 1 heterocycles. The van der Waals surface area contributed by atoms with Gasteiger partial charge in [0.05, 0.1) is 11.5 Å². The first-order valence-electron chi connectivity index (χ1n) is 5.44. The van der Waals surface area contributed by atoms with E-state index in [4.69, 9.17) is 12.2 Å². The van der Waals surface area contributed by atoms with Crippen LogP contribution in [0.4, 0.5) is 0 Å². The fourth-order valence-corrected chi connectivity index (χ4v) is 3.91. The molecule has 2 N–H and O–H groups in total. The zero-order chi connectivity index (χ0) is 12.4. The van der Waals surface area contributed by atoms with Gasteiger partial charge in [0, 0.05) is 12.1 Å². The molecule has 1 atom stereocenters. The molecule has 1 rings (SSSR count). The molecule has 0 radical (unpaired) electrons. The second kappa shape index (κ2) is 4.87. The molecule has 1 fully saturated rings. The minimum absolute atomic E-state index is 0.0637. The molecule has 1 aliphatic heterocycles. The van der Waals surface area contributed by atoms with Gasteiger partial charge in [-0.3, -0.25) is 0 Å². The van der Waals surface area contributed by atoms with E-state index in [0.717, 1.165) is 6.42 Å². The van der Waals surface area contributed by atoms with Crippen molar-refractivity contribution in [1.29, 1.82) is 0 Å². The molecule has 0 aliphatic carbocycles. The molecule has 6 heteroatoms. The van der Waals surface area contributed by atoms with E-state index in [2.05, 4.69) is 10.6 Å². The van der Waals surface area contributed by atoms with Gasteiger partial charge in [-0.2, -0.15) is 0 Å². The Morgan fingerprint density at radius 3 is 2.50 bits per heavy atom. The second-order valence-electron chi connectivity index (χ2n) is 5.35. The molecule has 4 nitrogen and oxygen atoms in total. The van der Waals surface area contributed by atoms with E-state index < -0.39 is 9.84 Å². The predicted octanol–water partition coefficient (Wildman–Crippen LogP) is 0.684. The lowest BCUT2D eigenvalue weighted by Gasteiger charge is -2.23. The number of rotatable bonds is 2. The van der Waals surface area contributed by atoms with Crippen molar-refractivity contribution in [3.63, 3.8) is 0 Å². The summed E-state index contributed by atoms with van der Waals surface area (Å²) in [5.74, 6) is 0.807. The molecule has 0 aromatic heterocycles. The summed E-state index contributed by atoms with van der Waals surface area (Å²) in [7, 11) is -2.78. The summed E-state index contributed by atoms with van der Waals surface area (Å²) < 4.78 is 22.5. The minimum atomic E-state index is -2.78. The zero-order valence-electron chi connectivity index (χ0n) is 10.0. The van der Waals surface area contributed by atoms with Crippen molar-refractivity contribution in [1.82, 2.24) is 10.6 Å². The van der Waals surface area contributed by atoms with Crippen molar-refractivity contribution in [2.24, 2.45) is 5.92 Å². The normalized spacial score (nSPS) is 24.1. The number of thiocarbonyl (C=S) groups is 1. The molecule has 0 amide bonds. The number of nitrogens with one attached hydrogen (secondary N) is 2. The van der Waals surface area contributed by atoms with Crippen LogP contribution in [0, 0.1) is 5.92 Å². The molecule has 1 saturated heterocycles. The maximum Gasteiger partial charge on any atom is 0.166 e. The Morgan fingerprint density at radius 1 is 1.44 bits per heavy atom. The Kier molecular flexibility index (Phi) is 4.17. The Bertz CT molecular complexity index is 358. The third-order valence-electron chi connectivity index (χ3n) is 2.37. The summed E-state index contributed by atoms with van der Waals surface area (Å²) in [5, 5.41) is 6.80. The van der Waals surface area contributed by atoms with Gasteiger partial charge < -0.3 is 10.6 Å². The highest BCUT2D eigenvalue weighted by Gasteiger charge is 2.27. The first-order chi connectivity index (χ1) is 7.18. The highest BCUT2D eigenvalue weighted by molar-refractivity contribution is 7.91. The fraction of sp³-hybridized carbons (Fsp3) is 0.900. The van der Waals surface area contributed by atoms with Gasteiger partial charge in [0.1, 0.15) is 0 Å². The van der Waals surface area contributed by atoms with Crippen molar-refractivity contribution in [2.45, 2.75) is 32.7 Å². The maximum atomic E-state index is 11.2. The van der Waals surface area contributed by atoms with E-state index >= 15 is 0 Å². The maximum absolute atomic E-state index is 11.2. The Labute approximate surface area is 103 Å². The van der Waals surface area contributed by atoms with Gasteiger partial charge in [-0.1, -0.05) is 0 Å². The van der Waals surface area contributed by atoms with Crippen LogP contribution in [0.5, 0.6) is 0 Å². The van der Waals surface area contributed by atoms with Crippen molar-refractivity contribution >= 4 is 27.2 Å². The van der Waals surface area contributed by atoms with Crippen molar-refractivity contribution < 1.29 is 8.42 Å². The Balaban J connectivity index is 2.29. The van der Waals surface area contributed by atoms with Crippen LogP contribution in [0.2, 0.25) is 0 Å². The highest BCUT2D eigenvalue weighted by Crippen LogP contribution is 2.17. The topological polar surface area (TPSA) is 58.2 Å². The quantitative estimate of drug-likeness (QED) is 0.719. The third-order valence-corrected chi connectivity index (χ3v) is 4.45. The van der Waals surface area contributed by atoms with Crippen LogP contribution in [0.25, 0.3) is 0 Å². The number of hydrogen-bond acceptors (Lipinski definition) is 3. The van der Waals surface area contributed by atoms with Crippen molar-refractivity contribution in [2.75, 3.05) is 18.1 Å². The summed E-state index contributed by atoms with van der Waals surface area (Å²) in [6, 6.07) is 0. The van der Waals surface area contributed by atoms with E-state index in [0.29, 0.717) is 17.4 Å². The number of sulfone groups is 1. The average Bonchev–Trinajstić information content (AvgIpc) is 2.39. The smallest absolute Gasteiger partial charge is 0.166 e. The van der Waals surface area contributed by atoms with Gasteiger partial charge >= 0.3 is 0 Å². The van der Waals surface area contributed by atoms with Gasteiger partial charge in [0.2, 0.25) is 0 Å². The van der Waals surface area contributed by atoms with Gasteiger partial charge in [-0.05, 0) is 45.3 Å². The number of hydrogen-bond donors (Lipinski definition) is 2. The summed E-state index contributed by atoms with van der Waals surface area (Å²) >= 11 is 5.12. The standard InChI is InChI=1S/C10H20N2O2S2/c1-10(2,3)12-9(15)11-6-8-4-5-16(13,14)7-8/h8H,4-7H2,1-3H3,(H2,11,12,15)/t8-/m1/s1. The van der Waals surface area contributed by atoms with Crippen LogP contribution in [0.3, 0.4) is 0 Å². The highest BCUT2D eigenvalue weighted by atomic mass is 32.2. The molecular formula is C10H20N2O2S2. The van der Waals surface area contributed by atoms with Gasteiger partial charge in [0.25, 0.3) is 0 Å². The molecule has 0 aromatic carbocycles. The SMILES string of the molecule is CC(C)(C)NC(=S)NC[C@H]1CCS(=O)(=O)C1. The zero-order valence-corrected chi connectivity index (χ0v) is 11.7. The van der Waals surface area contributed by atoms with Gasteiger partial charge in [-0.25, -0.2) is 8.42 Å². The molecule has 0 unspecified atom stereocenters. The first kappa shape index (κ1) is 13.7. The lowest BCUT2D eigenvalue weighted by atomic mass is 10.1. The predicted molar refractivity (Wildman–Crippen MR) is 70.3 cm³/mol. The fourth-order valence-electron chi connectivity index (χ4n) is 1.65. The van der Waals surface area contributed by atoms with Crippen LogP contribution in [-0.4, -0.2) is 37.1 Å². The summed E-state index contributed by atoms with van der Waals surface area (Å²) in [4.78, 5) is 0. The van der Waals surface area contributed by atoms with Gasteiger partial charge in [0.15, 0.2) is 14.9 Å². The second-order valence-corrected chi connectivity index (χ2v) is 7.99. The minimum Gasteiger partial charge on any atom is -0.362 e. The van der Waals surface area contributed by atoms with Crippen molar-refractivity contribution in [3.05, 3.63) is 0 Å². The van der Waals surface area contributed by atoms with Crippen LogP contribution in [0.15, 0.2) is 0 Å². The van der Waals surface area contributed by atoms with Crippen LogP contribution < -0.4 is 10.6 Å². The van der Waals surface area contributed by atoms with E-state index in [1.165, 1.54) is 0 Å². The summed E-state index contributed by atoms with van der Waals surface area (Å²) in [5.41, 5.74) is -0.0637. The van der Waals surface area contributed by atoms with E-state index in [-0.39, 0.29) is 17.2 Å². The average molecular weight is 264 g/mol. The largest absolute Gasteiger partial charge is 0.362 e. The molecule has 16 heavy (non-hydrogen) atoms. The molecule has 0 saturated carbocycles. The molecule has 0 aromatic rings. The van der Waals surface area contributed by atoms with Crippen molar-refractivity contribution in [3.8, 4) is 0 Å². The molecule has 0 bridgehead atoms. The molecule has 1 aliphatic rings. The first-order valence-corrected chi connectivity index (χ1v) is 7.67. The lowest BCUT2D eigenvalue weighted by Crippen LogP contribution is -2.47. The van der Waals surface area contributed by atoms with Gasteiger partial charge in [-0.15, -0.1) is 0 Å².